The van der Waals surface area contributed by atoms with Gasteiger partial charge >= 0.3 is 11.9 Å². The Hall–Kier alpha value is -1.58. The molecule has 3 fully saturated rings. The zero-order valence-electron chi connectivity index (χ0n) is 24.4. The van der Waals surface area contributed by atoms with E-state index in [4.69, 9.17) is 9.84 Å². The van der Waals surface area contributed by atoms with Crippen molar-refractivity contribution in [2.45, 2.75) is 138 Å². The Morgan fingerprint density at radius 1 is 1.03 bits per heavy atom. The molecular weight excluding hydrogens is 448 g/mol. The molecule has 1 N–H and O–H groups in total. The minimum Gasteiger partial charge on any atom is -0.481 e. The van der Waals surface area contributed by atoms with Crippen LogP contribution in [0.1, 0.15) is 132 Å². The first-order valence-corrected chi connectivity index (χ1v) is 14.4. The molecule has 4 atom stereocenters. The van der Waals surface area contributed by atoms with Gasteiger partial charge in [-0.25, -0.2) is 0 Å². The van der Waals surface area contributed by atoms with E-state index in [2.05, 4.69) is 48.5 Å². The molecule has 3 aliphatic carbocycles. The van der Waals surface area contributed by atoms with Crippen LogP contribution in [0.2, 0.25) is 0 Å². The van der Waals surface area contributed by atoms with Gasteiger partial charge in [0.15, 0.2) is 0 Å². The summed E-state index contributed by atoms with van der Waals surface area (Å²) in [5.41, 5.74) is 5.24. The van der Waals surface area contributed by atoms with Gasteiger partial charge in [0.05, 0.1) is 12.8 Å². The van der Waals surface area contributed by atoms with E-state index in [1.165, 1.54) is 50.5 Å². The number of ether oxygens (including phenoxy) is 1. The molecule has 0 bridgehead atoms. The molecule has 0 radical (unpaired) electrons. The molecule has 0 aromatic carbocycles. The van der Waals surface area contributed by atoms with Gasteiger partial charge in [0, 0.05) is 5.92 Å². The number of carboxylic acids is 1. The number of esters is 1. The van der Waals surface area contributed by atoms with Gasteiger partial charge in [-0.05, 0) is 101 Å². The Morgan fingerprint density at radius 3 is 2.36 bits per heavy atom. The summed E-state index contributed by atoms with van der Waals surface area (Å²) in [5, 5.41) is 8.65. The molecule has 4 nitrogen and oxygen atoms in total. The second-order valence-corrected chi connectivity index (χ2v) is 14.1. The van der Waals surface area contributed by atoms with Crippen molar-refractivity contribution in [2.24, 2.45) is 28.1 Å². The van der Waals surface area contributed by atoms with Crippen molar-refractivity contribution < 1.29 is 19.4 Å². The lowest BCUT2D eigenvalue weighted by Crippen LogP contribution is -2.55. The number of aliphatic carboxylic acids is 1. The number of carboxylic acid groups (broad SMARTS) is 1. The topological polar surface area (TPSA) is 63.6 Å². The molecule has 1 heterocycles. The lowest BCUT2D eigenvalue weighted by atomic mass is 9.45. The van der Waals surface area contributed by atoms with Crippen LogP contribution >= 0.6 is 0 Å². The zero-order chi connectivity index (χ0) is 26.9. The number of rotatable bonds is 5. The third kappa shape index (κ3) is 6.10. The van der Waals surface area contributed by atoms with Gasteiger partial charge in [0.2, 0.25) is 0 Å². The Kier molecular flexibility index (Phi) is 8.58. The minimum absolute atomic E-state index is 0.0350. The smallest absolute Gasteiger partial charge is 0.307 e. The van der Waals surface area contributed by atoms with Crippen molar-refractivity contribution in [3.05, 3.63) is 22.8 Å². The summed E-state index contributed by atoms with van der Waals surface area (Å²) in [4.78, 5) is 22.3. The van der Waals surface area contributed by atoms with Crippen molar-refractivity contribution in [2.75, 3.05) is 0 Å². The predicted octanol–water partition coefficient (Wildman–Crippen LogP) is 8.65. The van der Waals surface area contributed by atoms with Crippen LogP contribution in [0.5, 0.6) is 0 Å². The molecule has 2 saturated carbocycles. The molecule has 4 heteroatoms. The van der Waals surface area contributed by atoms with Crippen LogP contribution in [0.4, 0.5) is 0 Å². The van der Waals surface area contributed by atoms with E-state index >= 15 is 0 Å². The summed E-state index contributed by atoms with van der Waals surface area (Å²) in [5.74, 6) is 0.484. The molecule has 4 rings (SSSR count). The van der Waals surface area contributed by atoms with Crippen molar-refractivity contribution in [3.8, 4) is 0 Å². The fourth-order valence-electron chi connectivity index (χ4n) is 8.56. The van der Waals surface area contributed by atoms with Crippen molar-refractivity contribution in [1.82, 2.24) is 0 Å². The second kappa shape index (κ2) is 10.7. The minimum atomic E-state index is -0.747. The number of carbonyl (C=O) groups is 2. The SMILES string of the molecule is CC1(C)CCC[C@]2(C)[C@H]3CC(=O)O[C@]3(C)CC[C@@H]12.CC1=C(CC/C(C)=C/CC(=O)O)C(C)(C)CCC1. The van der Waals surface area contributed by atoms with Crippen molar-refractivity contribution >= 4 is 11.9 Å². The number of hydrogen-bond acceptors (Lipinski definition) is 3. The number of hydrogen-bond donors (Lipinski definition) is 1. The first-order chi connectivity index (χ1) is 16.6. The Bertz CT molecular complexity index is 907. The second-order valence-electron chi connectivity index (χ2n) is 14.1. The third-order valence-electron chi connectivity index (χ3n) is 10.5. The highest BCUT2D eigenvalue weighted by atomic mass is 16.6. The van der Waals surface area contributed by atoms with Gasteiger partial charge in [-0.1, -0.05) is 63.8 Å². The maximum absolute atomic E-state index is 11.8. The fourth-order valence-corrected chi connectivity index (χ4v) is 8.56. The molecule has 36 heavy (non-hydrogen) atoms. The molecule has 4 aliphatic rings. The number of fused-ring (bicyclic) bond motifs is 3. The fraction of sp³-hybridized carbons (Fsp3) is 0.812. The van der Waals surface area contributed by atoms with E-state index in [9.17, 15) is 9.59 Å². The summed E-state index contributed by atoms with van der Waals surface area (Å²) < 4.78 is 5.70. The molecule has 1 aliphatic heterocycles. The van der Waals surface area contributed by atoms with Crippen LogP contribution in [0.25, 0.3) is 0 Å². The van der Waals surface area contributed by atoms with Gasteiger partial charge in [0.25, 0.3) is 0 Å². The van der Waals surface area contributed by atoms with Crippen LogP contribution in [0, 0.1) is 28.1 Å². The molecule has 1 saturated heterocycles. The largest absolute Gasteiger partial charge is 0.481 e. The molecule has 204 valence electrons. The maximum Gasteiger partial charge on any atom is 0.307 e. The van der Waals surface area contributed by atoms with E-state index in [-0.39, 0.29) is 18.0 Å². The Labute approximate surface area is 220 Å². The van der Waals surface area contributed by atoms with Crippen molar-refractivity contribution in [3.63, 3.8) is 0 Å². The summed E-state index contributed by atoms with van der Waals surface area (Å²) in [6, 6.07) is 0. The molecule has 0 spiro atoms. The monoisotopic (exact) mass is 500 g/mol. The Balaban J connectivity index is 0.000000201. The van der Waals surface area contributed by atoms with Gasteiger partial charge in [0.1, 0.15) is 5.60 Å². The van der Waals surface area contributed by atoms with Crippen LogP contribution in [0.15, 0.2) is 22.8 Å². The van der Waals surface area contributed by atoms with Gasteiger partial charge in [-0.15, -0.1) is 0 Å². The highest BCUT2D eigenvalue weighted by molar-refractivity contribution is 5.73. The standard InChI is InChI=1S/2C16H26O2/c1-14(2)7-5-8-15(3)11(14)6-9-16(4)12(15)10-13(17)18-16;1-12(8-10-15(17)18)7-9-14-13(2)6-5-11-16(14,3)4/h11-12H,5-10H2,1-4H3;8H,5-7,9-11H2,1-4H3,(H,17,18)/b;12-8+/t11-,12+,15-,16+;/m0./s1. The Morgan fingerprint density at radius 2 is 1.72 bits per heavy atom. The van der Waals surface area contributed by atoms with Crippen molar-refractivity contribution in [1.29, 1.82) is 0 Å². The molecule has 0 aromatic rings. The number of allylic oxidation sites excluding steroid dienone is 3. The summed E-state index contributed by atoms with van der Waals surface area (Å²) in [7, 11) is 0. The van der Waals surface area contributed by atoms with Crippen LogP contribution in [0.3, 0.4) is 0 Å². The first kappa shape index (κ1) is 29.0. The van der Waals surface area contributed by atoms with Gasteiger partial charge < -0.3 is 9.84 Å². The number of carbonyl (C=O) groups excluding carboxylic acids is 1. The van der Waals surface area contributed by atoms with Gasteiger partial charge in [-0.2, -0.15) is 0 Å². The highest BCUT2D eigenvalue weighted by Crippen LogP contribution is 2.64. The van der Waals surface area contributed by atoms with E-state index in [0.717, 1.165) is 25.2 Å². The van der Waals surface area contributed by atoms with E-state index < -0.39 is 5.97 Å². The van der Waals surface area contributed by atoms with Crippen LogP contribution in [-0.4, -0.2) is 22.6 Å². The zero-order valence-corrected chi connectivity index (χ0v) is 24.4. The van der Waals surface area contributed by atoms with E-state index in [1.807, 2.05) is 13.0 Å². The molecule has 0 unspecified atom stereocenters. The normalized spacial score (nSPS) is 35.2. The summed E-state index contributed by atoms with van der Waals surface area (Å²) in [6.45, 7) is 18.4. The van der Waals surface area contributed by atoms with E-state index in [1.54, 1.807) is 11.1 Å². The highest BCUT2D eigenvalue weighted by Gasteiger charge is 2.62. The average Bonchev–Trinajstić information content (AvgIpc) is 3.06. The summed E-state index contributed by atoms with van der Waals surface area (Å²) in [6.07, 6.45) is 14.7. The maximum atomic E-state index is 11.8. The van der Waals surface area contributed by atoms with Gasteiger partial charge in [-0.3, -0.25) is 9.59 Å². The van der Waals surface area contributed by atoms with E-state index in [0.29, 0.717) is 28.6 Å². The quantitative estimate of drug-likeness (QED) is 0.303. The molecule has 0 aromatic heterocycles. The average molecular weight is 501 g/mol. The molecule has 0 amide bonds. The third-order valence-corrected chi connectivity index (χ3v) is 10.5. The lowest BCUT2D eigenvalue weighted by molar-refractivity contribution is -0.164. The first-order valence-electron chi connectivity index (χ1n) is 14.4. The van der Waals surface area contributed by atoms with Crippen LogP contribution in [-0.2, 0) is 14.3 Å². The summed E-state index contributed by atoms with van der Waals surface area (Å²) >= 11 is 0. The lowest BCUT2D eigenvalue weighted by Gasteiger charge is -2.59. The van der Waals surface area contributed by atoms with Crippen LogP contribution < -0.4 is 0 Å². The predicted molar refractivity (Wildman–Crippen MR) is 147 cm³/mol. The molecular formula is C32H52O4.